The number of anilines is 1. The molecule has 6 heteroatoms. The molecule has 4 rings (SSSR count). The van der Waals surface area contributed by atoms with Crippen LogP contribution in [0.15, 0.2) is 48.5 Å². The third-order valence-corrected chi connectivity index (χ3v) is 7.05. The maximum Gasteiger partial charge on any atom is 0.228 e. The Morgan fingerprint density at radius 3 is 2.38 bits per heavy atom. The van der Waals surface area contributed by atoms with E-state index in [1.807, 2.05) is 42.5 Å². The van der Waals surface area contributed by atoms with Gasteiger partial charge in [0.15, 0.2) is 0 Å². The van der Waals surface area contributed by atoms with Gasteiger partial charge < -0.3 is 15.4 Å². The minimum absolute atomic E-state index is 0.0351. The van der Waals surface area contributed by atoms with Gasteiger partial charge in [0.2, 0.25) is 11.8 Å². The molecular weight excluding hydrogens is 426 g/mol. The molecule has 0 atom stereocenters. The Bertz CT molecular complexity index is 946. The normalized spacial score (nSPS) is 17.8. The van der Waals surface area contributed by atoms with Crippen LogP contribution in [0.25, 0.3) is 0 Å². The average Bonchev–Trinajstić information content (AvgIpc) is 2.86. The summed E-state index contributed by atoms with van der Waals surface area (Å²) >= 11 is 0. The number of hydrogen-bond acceptors (Lipinski definition) is 4. The van der Waals surface area contributed by atoms with Gasteiger partial charge in [-0.3, -0.25) is 14.5 Å². The van der Waals surface area contributed by atoms with Gasteiger partial charge >= 0.3 is 0 Å². The Morgan fingerprint density at radius 1 is 0.941 bits per heavy atom. The monoisotopic (exact) mass is 463 g/mol. The van der Waals surface area contributed by atoms with Crippen LogP contribution in [0.4, 0.5) is 5.69 Å². The van der Waals surface area contributed by atoms with E-state index in [1.165, 1.54) is 24.8 Å². The number of nitrogens with zero attached hydrogens (tertiary/aromatic N) is 1. The number of carbonyl (C=O) groups is 2. The molecule has 0 unspecified atom stereocenters. The Hall–Kier alpha value is -2.86. The second-order valence-electron chi connectivity index (χ2n) is 9.67. The summed E-state index contributed by atoms with van der Waals surface area (Å²) in [6, 6.07) is 16.0. The molecule has 1 aliphatic carbocycles. The number of piperidine rings is 1. The first-order valence-corrected chi connectivity index (χ1v) is 12.6. The maximum absolute atomic E-state index is 12.7. The summed E-state index contributed by atoms with van der Waals surface area (Å²) in [4.78, 5) is 27.6. The minimum atomic E-state index is -0.0351. The van der Waals surface area contributed by atoms with Crippen molar-refractivity contribution in [2.24, 2.45) is 5.92 Å². The minimum Gasteiger partial charge on any atom is -0.497 e. The summed E-state index contributed by atoms with van der Waals surface area (Å²) in [6.07, 6.45) is 8.21. The van der Waals surface area contributed by atoms with Crippen LogP contribution in [-0.2, 0) is 22.6 Å². The molecule has 1 saturated carbocycles. The van der Waals surface area contributed by atoms with E-state index < -0.39 is 0 Å². The van der Waals surface area contributed by atoms with Crippen molar-refractivity contribution in [1.29, 1.82) is 0 Å². The fraction of sp³-hybridized carbons (Fsp3) is 0.500. The van der Waals surface area contributed by atoms with Crippen molar-refractivity contribution in [2.45, 2.75) is 64.0 Å². The molecule has 0 spiro atoms. The molecular formula is C28H37N3O3. The Morgan fingerprint density at radius 2 is 1.68 bits per heavy atom. The van der Waals surface area contributed by atoms with Crippen LogP contribution in [0.5, 0.6) is 5.75 Å². The highest BCUT2D eigenvalue weighted by Gasteiger charge is 2.27. The zero-order valence-electron chi connectivity index (χ0n) is 20.2. The SMILES string of the molecule is COc1ccc(CC(=O)Nc2cccc(CN3CCC(C(=O)NC4CCCCC4)CC3)c2)cc1. The van der Waals surface area contributed by atoms with E-state index >= 15 is 0 Å². The van der Waals surface area contributed by atoms with Crippen molar-refractivity contribution in [1.82, 2.24) is 10.2 Å². The molecule has 2 N–H and O–H groups in total. The third-order valence-electron chi connectivity index (χ3n) is 7.05. The molecule has 2 amide bonds. The highest BCUT2D eigenvalue weighted by atomic mass is 16.5. The fourth-order valence-electron chi connectivity index (χ4n) is 5.06. The van der Waals surface area contributed by atoms with E-state index in [1.54, 1.807) is 7.11 Å². The topological polar surface area (TPSA) is 70.7 Å². The summed E-state index contributed by atoms with van der Waals surface area (Å²) in [7, 11) is 1.63. The molecule has 0 aromatic heterocycles. The molecule has 0 radical (unpaired) electrons. The van der Waals surface area contributed by atoms with E-state index in [4.69, 9.17) is 4.74 Å². The lowest BCUT2D eigenvalue weighted by molar-refractivity contribution is -0.127. The molecule has 34 heavy (non-hydrogen) atoms. The molecule has 1 saturated heterocycles. The predicted molar refractivity (Wildman–Crippen MR) is 135 cm³/mol. The molecule has 182 valence electrons. The molecule has 1 heterocycles. The molecule has 0 bridgehead atoms. The van der Waals surface area contributed by atoms with E-state index in [-0.39, 0.29) is 17.7 Å². The van der Waals surface area contributed by atoms with Crippen LogP contribution in [0.3, 0.4) is 0 Å². The van der Waals surface area contributed by atoms with Crippen molar-refractivity contribution < 1.29 is 14.3 Å². The van der Waals surface area contributed by atoms with Crippen LogP contribution in [0.1, 0.15) is 56.1 Å². The van der Waals surface area contributed by atoms with Gasteiger partial charge in [0.05, 0.1) is 13.5 Å². The van der Waals surface area contributed by atoms with Gasteiger partial charge in [0.25, 0.3) is 0 Å². The van der Waals surface area contributed by atoms with Gasteiger partial charge in [-0.05, 0) is 74.2 Å². The van der Waals surface area contributed by atoms with Crippen LogP contribution in [0, 0.1) is 5.92 Å². The number of hydrogen-bond donors (Lipinski definition) is 2. The van der Waals surface area contributed by atoms with Gasteiger partial charge in [0, 0.05) is 24.2 Å². The zero-order chi connectivity index (χ0) is 23.8. The number of rotatable bonds is 8. The van der Waals surface area contributed by atoms with E-state index in [9.17, 15) is 9.59 Å². The third kappa shape index (κ3) is 7.07. The Kier molecular flexibility index (Phi) is 8.58. The van der Waals surface area contributed by atoms with E-state index in [0.717, 1.165) is 62.3 Å². The number of methoxy groups -OCH3 is 1. The fourth-order valence-corrected chi connectivity index (χ4v) is 5.06. The first-order valence-electron chi connectivity index (χ1n) is 12.6. The van der Waals surface area contributed by atoms with Gasteiger partial charge in [0.1, 0.15) is 5.75 Å². The Balaban J connectivity index is 1.22. The van der Waals surface area contributed by atoms with Crippen molar-refractivity contribution in [3.05, 3.63) is 59.7 Å². The first kappa shape index (κ1) is 24.3. The molecule has 2 fully saturated rings. The standard InChI is InChI=1S/C28H37N3O3/c1-34-26-12-10-21(11-13-26)19-27(32)29-25-9-5-6-22(18-25)20-31-16-14-23(15-17-31)28(33)30-24-7-3-2-4-8-24/h5-6,9-13,18,23-24H,2-4,7-8,14-17,19-20H2,1H3,(H,29,32)(H,30,33). The summed E-state index contributed by atoms with van der Waals surface area (Å²) < 4.78 is 5.17. The summed E-state index contributed by atoms with van der Waals surface area (Å²) in [5, 5.41) is 6.31. The summed E-state index contributed by atoms with van der Waals surface area (Å²) in [6.45, 7) is 2.69. The van der Waals surface area contributed by atoms with Gasteiger partial charge in [-0.25, -0.2) is 0 Å². The Labute approximate surface area is 203 Å². The van der Waals surface area contributed by atoms with E-state index in [0.29, 0.717) is 12.5 Å². The average molecular weight is 464 g/mol. The number of amides is 2. The second-order valence-corrected chi connectivity index (χ2v) is 9.67. The molecule has 2 aliphatic rings. The second kappa shape index (κ2) is 12.0. The van der Waals surface area contributed by atoms with Crippen LogP contribution < -0.4 is 15.4 Å². The lowest BCUT2D eigenvalue weighted by Gasteiger charge is -2.32. The molecule has 2 aromatic rings. The van der Waals surface area contributed by atoms with E-state index in [2.05, 4.69) is 21.6 Å². The lowest BCUT2D eigenvalue weighted by atomic mass is 9.92. The maximum atomic E-state index is 12.7. The van der Waals surface area contributed by atoms with Gasteiger partial charge in [-0.2, -0.15) is 0 Å². The van der Waals surface area contributed by atoms with Gasteiger partial charge in [-0.15, -0.1) is 0 Å². The summed E-state index contributed by atoms with van der Waals surface area (Å²) in [5.74, 6) is 1.15. The van der Waals surface area contributed by atoms with Crippen molar-refractivity contribution in [3.63, 3.8) is 0 Å². The van der Waals surface area contributed by atoms with Crippen LogP contribution >= 0.6 is 0 Å². The quantitative estimate of drug-likeness (QED) is 0.603. The summed E-state index contributed by atoms with van der Waals surface area (Å²) in [5.41, 5.74) is 2.94. The number of ether oxygens (including phenoxy) is 1. The van der Waals surface area contributed by atoms with Crippen molar-refractivity contribution in [3.8, 4) is 5.75 Å². The number of carbonyl (C=O) groups excluding carboxylic acids is 2. The van der Waals surface area contributed by atoms with Gasteiger partial charge in [-0.1, -0.05) is 43.5 Å². The molecule has 1 aliphatic heterocycles. The van der Waals surface area contributed by atoms with Crippen molar-refractivity contribution in [2.75, 3.05) is 25.5 Å². The highest BCUT2D eigenvalue weighted by Crippen LogP contribution is 2.23. The van der Waals surface area contributed by atoms with Crippen molar-refractivity contribution >= 4 is 17.5 Å². The number of benzene rings is 2. The van der Waals surface area contributed by atoms with Crippen LogP contribution in [-0.4, -0.2) is 43.0 Å². The highest BCUT2D eigenvalue weighted by molar-refractivity contribution is 5.92. The first-order chi connectivity index (χ1) is 16.6. The largest absolute Gasteiger partial charge is 0.497 e. The molecule has 6 nitrogen and oxygen atoms in total. The predicted octanol–water partition coefficient (Wildman–Crippen LogP) is 4.54. The smallest absolute Gasteiger partial charge is 0.228 e. The number of likely N-dealkylation sites (tertiary alicyclic amines) is 1. The zero-order valence-corrected chi connectivity index (χ0v) is 20.2. The lowest BCUT2D eigenvalue weighted by Crippen LogP contribution is -2.44. The van der Waals surface area contributed by atoms with Crippen LogP contribution in [0.2, 0.25) is 0 Å². The number of nitrogens with one attached hydrogen (secondary N) is 2. The molecule has 2 aromatic carbocycles.